The molecule has 2 nitrogen and oxygen atoms in total. The number of benzene rings is 1. The van der Waals surface area contributed by atoms with E-state index in [0.29, 0.717) is 12.5 Å². The first-order valence-electron chi connectivity index (χ1n) is 11.1. The van der Waals surface area contributed by atoms with Crippen LogP contribution in [0.15, 0.2) is 113 Å². The van der Waals surface area contributed by atoms with Crippen molar-refractivity contribution in [1.29, 1.82) is 0 Å². The van der Waals surface area contributed by atoms with Gasteiger partial charge in [-0.3, -0.25) is 4.99 Å². The summed E-state index contributed by atoms with van der Waals surface area (Å²) in [6, 6.07) is 8.86. The molecule has 1 atom stereocenters. The van der Waals surface area contributed by atoms with Gasteiger partial charge in [-0.1, -0.05) is 74.2 Å². The van der Waals surface area contributed by atoms with Gasteiger partial charge in [0.15, 0.2) is 0 Å². The molecule has 0 aromatic heterocycles. The smallest absolute Gasteiger partial charge is 0.130 e. The number of ether oxygens (including phenoxy) is 1. The molecule has 2 aliphatic carbocycles. The Labute approximate surface area is 185 Å². The molecule has 1 aliphatic heterocycles. The van der Waals surface area contributed by atoms with E-state index >= 15 is 0 Å². The van der Waals surface area contributed by atoms with E-state index in [0.717, 1.165) is 42.7 Å². The standard InChI is InChI=1S/C29H29NO/c1-3-23-16-18-25(19-17-23)24-11-7-8-14-28-26(13-9-12-24)20-27(30-28)21-31-29-15-6-4-5-10-22(29)2/h4-6,8,10-12,15-20,26H,2-3,9,13-14,21H2,1H3/b24-12+. The van der Waals surface area contributed by atoms with Crippen molar-refractivity contribution < 1.29 is 4.74 Å². The van der Waals surface area contributed by atoms with Crippen LogP contribution >= 0.6 is 0 Å². The maximum Gasteiger partial charge on any atom is 0.130 e. The summed E-state index contributed by atoms with van der Waals surface area (Å²) < 4.78 is 6.01. The Morgan fingerprint density at radius 2 is 2.03 bits per heavy atom. The van der Waals surface area contributed by atoms with E-state index in [-0.39, 0.29) is 0 Å². The van der Waals surface area contributed by atoms with Gasteiger partial charge in [-0.15, -0.1) is 5.73 Å². The average Bonchev–Trinajstić information content (AvgIpc) is 3.07. The van der Waals surface area contributed by atoms with Crippen molar-refractivity contribution in [2.75, 3.05) is 6.61 Å². The molecule has 1 aromatic carbocycles. The summed E-state index contributed by atoms with van der Waals surface area (Å²) in [4.78, 5) is 4.87. The first kappa shape index (κ1) is 20.9. The third-order valence-corrected chi connectivity index (χ3v) is 5.77. The molecule has 0 amide bonds. The Morgan fingerprint density at radius 1 is 1.16 bits per heavy atom. The Morgan fingerprint density at radius 3 is 2.87 bits per heavy atom. The van der Waals surface area contributed by atoms with Crippen molar-refractivity contribution in [2.24, 2.45) is 10.9 Å². The minimum Gasteiger partial charge on any atom is -0.487 e. The van der Waals surface area contributed by atoms with Crippen LogP contribution in [0.2, 0.25) is 0 Å². The van der Waals surface area contributed by atoms with E-state index in [2.05, 4.69) is 67.8 Å². The molecular formula is C29H29NO. The van der Waals surface area contributed by atoms with E-state index in [9.17, 15) is 0 Å². The van der Waals surface area contributed by atoms with E-state index in [1.54, 1.807) is 0 Å². The zero-order chi connectivity index (χ0) is 21.5. The Balaban J connectivity index is 1.44. The first-order valence-corrected chi connectivity index (χ1v) is 11.1. The molecule has 0 radical (unpaired) electrons. The van der Waals surface area contributed by atoms with Gasteiger partial charge in [-0.05, 0) is 54.2 Å². The quantitative estimate of drug-likeness (QED) is 0.479. The highest BCUT2D eigenvalue weighted by Gasteiger charge is 2.20. The molecule has 31 heavy (non-hydrogen) atoms. The summed E-state index contributed by atoms with van der Waals surface area (Å²) >= 11 is 0. The highest BCUT2D eigenvalue weighted by Crippen LogP contribution is 2.27. The van der Waals surface area contributed by atoms with Crippen molar-refractivity contribution in [2.45, 2.75) is 32.6 Å². The molecule has 2 heteroatoms. The molecule has 0 saturated heterocycles. The molecule has 156 valence electrons. The van der Waals surface area contributed by atoms with Crippen LogP contribution in [0.3, 0.4) is 0 Å². The lowest BCUT2D eigenvalue weighted by Crippen LogP contribution is -2.08. The molecule has 0 spiro atoms. The molecule has 0 saturated carbocycles. The van der Waals surface area contributed by atoms with E-state index in [1.165, 1.54) is 22.4 Å². The van der Waals surface area contributed by atoms with E-state index < -0.39 is 0 Å². The van der Waals surface area contributed by atoms with Crippen LogP contribution in [-0.4, -0.2) is 12.3 Å². The van der Waals surface area contributed by atoms with Crippen LogP contribution in [0.1, 0.15) is 37.3 Å². The summed E-state index contributed by atoms with van der Waals surface area (Å²) in [5, 5.41) is 0. The fourth-order valence-electron chi connectivity index (χ4n) is 3.94. The monoisotopic (exact) mass is 407 g/mol. The van der Waals surface area contributed by atoms with E-state index in [4.69, 9.17) is 9.73 Å². The van der Waals surface area contributed by atoms with Crippen LogP contribution in [0.25, 0.3) is 5.57 Å². The third-order valence-electron chi connectivity index (χ3n) is 5.77. The maximum atomic E-state index is 6.01. The Bertz CT molecular complexity index is 1080. The van der Waals surface area contributed by atoms with Gasteiger partial charge in [0.2, 0.25) is 0 Å². The van der Waals surface area contributed by atoms with Gasteiger partial charge < -0.3 is 4.74 Å². The topological polar surface area (TPSA) is 21.6 Å². The van der Waals surface area contributed by atoms with Crippen LogP contribution in [0.4, 0.5) is 0 Å². The molecular weight excluding hydrogens is 378 g/mol. The molecule has 1 heterocycles. The van der Waals surface area contributed by atoms with Crippen LogP contribution in [0.5, 0.6) is 0 Å². The number of aliphatic imine (C=N–C) groups is 1. The maximum absolute atomic E-state index is 6.01. The van der Waals surface area contributed by atoms with Gasteiger partial charge in [0.1, 0.15) is 12.4 Å². The van der Waals surface area contributed by atoms with Crippen molar-refractivity contribution in [3.8, 4) is 0 Å². The van der Waals surface area contributed by atoms with Gasteiger partial charge >= 0.3 is 0 Å². The van der Waals surface area contributed by atoms with Crippen molar-refractivity contribution >= 4 is 11.3 Å². The SMILES string of the molecule is C=C1C=CC=CC=C1OCC1=CC2CC/C=C(/c3ccc(CC)cc3)C=C=CCC2=N1. The molecule has 3 aliphatic rings. The van der Waals surface area contributed by atoms with Gasteiger partial charge in [0.25, 0.3) is 0 Å². The van der Waals surface area contributed by atoms with E-state index in [1.807, 2.05) is 30.4 Å². The fraction of sp³-hybridized carbons (Fsp3) is 0.241. The predicted molar refractivity (Wildman–Crippen MR) is 131 cm³/mol. The van der Waals surface area contributed by atoms with Crippen LogP contribution in [0, 0.1) is 5.92 Å². The van der Waals surface area contributed by atoms with Gasteiger partial charge in [0, 0.05) is 23.6 Å². The summed E-state index contributed by atoms with van der Waals surface area (Å²) in [5.41, 5.74) is 10.3. The number of aryl methyl sites for hydroxylation is 1. The van der Waals surface area contributed by atoms with Gasteiger partial charge in [0.05, 0.1) is 5.70 Å². The number of hydrogen-bond donors (Lipinski definition) is 0. The summed E-state index contributed by atoms with van der Waals surface area (Å²) in [6.07, 6.45) is 22.6. The normalized spacial score (nSPS) is 22.1. The molecule has 1 aromatic rings. The second kappa shape index (κ2) is 10.1. The number of fused-ring (bicyclic) bond motifs is 1. The molecule has 0 fully saturated rings. The van der Waals surface area contributed by atoms with Crippen molar-refractivity contribution in [3.63, 3.8) is 0 Å². The average molecular weight is 408 g/mol. The van der Waals surface area contributed by atoms with Gasteiger partial charge in [-0.2, -0.15) is 0 Å². The Kier molecular flexibility index (Phi) is 6.82. The summed E-state index contributed by atoms with van der Waals surface area (Å²) in [6.45, 7) is 6.72. The number of nitrogens with zero attached hydrogens (tertiary/aromatic N) is 1. The van der Waals surface area contributed by atoms with Gasteiger partial charge in [-0.25, -0.2) is 0 Å². The summed E-state index contributed by atoms with van der Waals surface area (Å²) in [7, 11) is 0. The zero-order valence-electron chi connectivity index (χ0n) is 18.2. The molecule has 0 bridgehead atoms. The second-order valence-electron chi connectivity index (χ2n) is 7.96. The Hall–Kier alpha value is -3.35. The zero-order valence-corrected chi connectivity index (χ0v) is 18.2. The minimum absolute atomic E-state index is 0.362. The fourth-order valence-corrected chi connectivity index (χ4v) is 3.94. The number of allylic oxidation sites excluding steroid dienone is 9. The molecule has 1 unspecified atom stereocenters. The largest absolute Gasteiger partial charge is 0.487 e. The molecule has 0 N–H and O–H groups in total. The lowest BCUT2D eigenvalue weighted by atomic mass is 9.93. The highest BCUT2D eigenvalue weighted by molar-refractivity contribution is 5.92. The lowest BCUT2D eigenvalue weighted by Gasteiger charge is -2.10. The third kappa shape index (κ3) is 5.42. The minimum atomic E-state index is 0.362. The number of hydrogen-bond acceptors (Lipinski definition) is 2. The first-order chi connectivity index (χ1) is 15.2. The van der Waals surface area contributed by atoms with Crippen LogP contribution in [-0.2, 0) is 11.2 Å². The predicted octanol–water partition coefficient (Wildman–Crippen LogP) is 7.07. The van der Waals surface area contributed by atoms with Crippen molar-refractivity contribution in [3.05, 3.63) is 119 Å². The second-order valence-corrected chi connectivity index (χ2v) is 7.96. The molecule has 4 rings (SSSR count). The lowest BCUT2D eigenvalue weighted by molar-refractivity contribution is 0.249. The van der Waals surface area contributed by atoms with Crippen LogP contribution < -0.4 is 0 Å². The summed E-state index contributed by atoms with van der Waals surface area (Å²) in [5.74, 6) is 1.16. The highest BCUT2D eigenvalue weighted by atomic mass is 16.5. The number of rotatable bonds is 5. The van der Waals surface area contributed by atoms with Crippen molar-refractivity contribution in [1.82, 2.24) is 0 Å².